The van der Waals surface area contributed by atoms with Crippen molar-refractivity contribution in [1.82, 2.24) is 25.4 Å². The normalized spacial score (nSPS) is 13.7. The molecule has 1 fully saturated rings. The van der Waals surface area contributed by atoms with E-state index < -0.39 is 11.7 Å². The molecule has 1 aliphatic heterocycles. The number of nitrogens with one attached hydrogen (secondary N) is 1. The largest absolute Gasteiger partial charge is 0.378 e. The Kier molecular flexibility index (Phi) is 7.27. The number of pyridine rings is 1. The van der Waals surface area contributed by atoms with Gasteiger partial charge in [0.2, 0.25) is 0 Å². The first-order valence-electron chi connectivity index (χ1n) is 11.9. The second kappa shape index (κ2) is 11.1. The maximum absolute atomic E-state index is 13.0. The van der Waals surface area contributed by atoms with Gasteiger partial charge >= 0.3 is 0 Å². The highest BCUT2D eigenvalue weighted by Gasteiger charge is 2.18. The van der Waals surface area contributed by atoms with Crippen LogP contribution in [0.5, 0.6) is 0 Å². The van der Waals surface area contributed by atoms with Gasteiger partial charge in [-0.3, -0.25) is 4.79 Å². The minimum atomic E-state index is -0.446. The van der Waals surface area contributed by atoms with Gasteiger partial charge in [-0.15, -0.1) is 5.10 Å². The van der Waals surface area contributed by atoms with Crippen molar-refractivity contribution in [2.75, 3.05) is 31.2 Å². The SMILES string of the molecule is Cc1ccc(-c2cnc(N3CCOCC3)c(Cn3cc(/C=N/NC(=O)c4ccc(F)cc4)nn3)c2)cc1. The van der Waals surface area contributed by atoms with Gasteiger partial charge in [0.1, 0.15) is 17.3 Å². The van der Waals surface area contributed by atoms with Crippen molar-refractivity contribution < 1.29 is 13.9 Å². The summed E-state index contributed by atoms with van der Waals surface area (Å²) in [7, 11) is 0. The first kappa shape index (κ1) is 24.3. The molecule has 1 amide bonds. The Bertz CT molecular complexity index is 1400. The smallest absolute Gasteiger partial charge is 0.271 e. The predicted molar refractivity (Wildman–Crippen MR) is 138 cm³/mol. The van der Waals surface area contributed by atoms with Gasteiger partial charge in [0.15, 0.2) is 0 Å². The Hall–Kier alpha value is -4.44. The van der Waals surface area contributed by atoms with E-state index in [1.807, 2.05) is 6.20 Å². The quantitative estimate of drug-likeness (QED) is 0.309. The Morgan fingerprint density at radius 3 is 2.62 bits per heavy atom. The molecule has 1 aliphatic rings. The van der Waals surface area contributed by atoms with E-state index in [-0.39, 0.29) is 0 Å². The summed E-state index contributed by atoms with van der Waals surface area (Å²) in [5.74, 6) is 0.0438. The molecule has 1 N–H and O–H groups in total. The van der Waals surface area contributed by atoms with Gasteiger partial charge in [-0.05, 0) is 42.8 Å². The van der Waals surface area contributed by atoms with Crippen LogP contribution in [-0.2, 0) is 11.3 Å². The van der Waals surface area contributed by atoms with Gasteiger partial charge < -0.3 is 9.64 Å². The highest BCUT2D eigenvalue weighted by Crippen LogP contribution is 2.27. The molecule has 2 aromatic heterocycles. The van der Waals surface area contributed by atoms with Gasteiger partial charge in [0.25, 0.3) is 5.91 Å². The number of aromatic nitrogens is 4. The highest BCUT2D eigenvalue weighted by atomic mass is 19.1. The van der Waals surface area contributed by atoms with Crippen LogP contribution in [0.1, 0.15) is 27.2 Å². The van der Waals surface area contributed by atoms with Crippen molar-refractivity contribution in [3.8, 4) is 11.1 Å². The Labute approximate surface area is 213 Å². The molecule has 4 aromatic rings. The van der Waals surface area contributed by atoms with Crippen LogP contribution < -0.4 is 10.3 Å². The molecule has 0 atom stereocenters. The molecule has 0 saturated carbocycles. The van der Waals surface area contributed by atoms with Gasteiger partial charge in [-0.2, -0.15) is 5.10 Å². The zero-order chi connectivity index (χ0) is 25.6. The van der Waals surface area contributed by atoms with Crippen LogP contribution in [0.25, 0.3) is 11.1 Å². The molecule has 1 saturated heterocycles. The Morgan fingerprint density at radius 2 is 1.86 bits per heavy atom. The third kappa shape index (κ3) is 6.04. The third-order valence-corrected chi connectivity index (χ3v) is 6.00. The first-order chi connectivity index (χ1) is 18.0. The summed E-state index contributed by atoms with van der Waals surface area (Å²) in [4.78, 5) is 19.2. The second-order valence-corrected chi connectivity index (χ2v) is 8.72. The maximum Gasteiger partial charge on any atom is 0.271 e. The van der Waals surface area contributed by atoms with Crippen molar-refractivity contribution in [1.29, 1.82) is 0 Å². The average Bonchev–Trinajstić information content (AvgIpc) is 3.37. The topological polar surface area (TPSA) is 97.5 Å². The Balaban J connectivity index is 1.33. The number of halogens is 1. The number of benzene rings is 2. The molecular weight excluding hydrogens is 473 g/mol. The summed E-state index contributed by atoms with van der Waals surface area (Å²) in [5.41, 5.74) is 7.53. The first-order valence-corrected chi connectivity index (χ1v) is 11.9. The van der Waals surface area contributed by atoms with E-state index in [4.69, 9.17) is 9.72 Å². The van der Waals surface area contributed by atoms with Crippen molar-refractivity contribution in [2.24, 2.45) is 5.10 Å². The number of carbonyl (C=O) groups excluding carboxylic acids is 1. The zero-order valence-corrected chi connectivity index (χ0v) is 20.3. The molecule has 37 heavy (non-hydrogen) atoms. The zero-order valence-electron chi connectivity index (χ0n) is 20.3. The third-order valence-electron chi connectivity index (χ3n) is 6.00. The lowest BCUT2D eigenvalue weighted by molar-refractivity contribution is 0.0955. The number of hydrogen-bond donors (Lipinski definition) is 1. The molecule has 0 spiro atoms. The number of ether oxygens (including phenoxy) is 1. The lowest BCUT2D eigenvalue weighted by Gasteiger charge is -2.29. The van der Waals surface area contributed by atoms with Crippen molar-refractivity contribution in [3.05, 3.63) is 95.2 Å². The standard InChI is InChI=1S/C27H26FN7O2/c1-19-2-4-20(5-3-19)22-14-23(26(29-15-22)34-10-12-37-13-11-34)17-35-18-25(31-33-35)16-30-32-27(36)21-6-8-24(28)9-7-21/h2-9,14-16,18H,10-13,17H2,1H3,(H,32,36)/b30-16+. The second-order valence-electron chi connectivity index (χ2n) is 8.72. The van der Waals surface area contributed by atoms with Gasteiger partial charge in [0.05, 0.1) is 32.2 Å². The number of morpholine rings is 1. The molecule has 0 unspecified atom stereocenters. The van der Waals surface area contributed by atoms with Crippen LogP contribution in [0.15, 0.2) is 72.1 Å². The average molecular weight is 500 g/mol. The Morgan fingerprint density at radius 1 is 1.11 bits per heavy atom. The number of hydrazone groups is 1. The summed E-state index contributed by atoms with van der Waals surface area (Å²) in [6, 6.07) is 15.7. The van der Waals surface area contributed by atoms with E-state index in [0.717, 1.165) is 35.6 Å². The predicted octanol–water partition coefficient (Wildman–Crippen LogP) is 3.44. The fourth-order valence-corrected chi connectivity index (χ4v) is 4.03. The summed E-state index contributed by atoms with van der Waals surface area (Å²) in [6.07, 6.45) is 5.06. The molecule has 0 aliphatic carbocycles. The molecule has 188 valence electrons. The van der Waals surface area contributed by atoms with E-state index in [0.29, 0.717) is 31.0 Å². The van der Waals surface area contributed by atoms with Crippen LogP contribution in [0.4, 0.5) is 10.2 Å². The summed E-state index contributed by atoms with van der Waals surface area (Å²) < 4.78 is 20.3. The molecule has 0 radical (unpaired) electrons. The number of anilines is 1. The number of amides is 1. The van der Waals surface area contributed by atoms with Gasteiger partial charge in [-0.25, -0.2) is 19.5 Å². The molecule has 10 heteroatoms. The molecular formula is C27H26FN7O2. The van der Waals surface area contributed by atoms with Crippen LogP contribution in [0.3, 0.4) is 0 Å². The maximum atomic E-state index is 13.0. The van der Waals surface area contributed by atoms with E-state index in [9.17, 15) is 9.18 Å². The van der Waals surface area contributed by atoms with E-state index >= 15 is 0 Å². The highest BCUT2D eigenvalue weighted by molar-refractivity contribution is 5.94. The minimum Gasteiger partial charge on any atom is -0.378 e. The van der Waals surface area contributed by atoms with Crippen LogP contribution >= 0.6 is 0 Å². The van der Waals surface area contributed by atoms with Crippen molar-refractivity contribution in [3.63, 3.8) is 0 Å². The fourth-order valence-electron chi connectivity index (χ4n) is 4.03. The number of hydrogen-bond acceptors (Lipinski definition) is 7. The number of nitrogens with zero attached hydrogens (tertiary/aromatic N) is 6. The molecule has 3 heterocycles. The van der Waals surface area contributed by atoms with Gasteiger partial charge in [-0.1, -0.05) is 35.0 Å². The summed E-state index contributed by atoms with van der Waals surface area (Å²) in [6.45, 7) is 5.39. The van der Waals surface area contributed by atoms with E-state index in [2.05, 4.69) is 63.0 Å². The number of rotatable bonds is 7. The molecule has 2 aromatic carbocycles. The van der Waals surface area contributed by atoms with Crippen molar-refractivity contribution >= 4 is 17.9 Å². The minimum absolute atomic E-state index is 0.304. The number of carbonyl (C=O) groups is 1. The van der Waals surface area contributed by atoms with Gasteiger partial charge in [0, 0.05) is 36.0 Å². The fraction of sp³-hybridized carbons (Fsp3) is 0.222. The summed E-state index contributed by atoms with van der Waals surface area (Å²) >= 11 is 0. The number of aryl methyl sites for hydroxylation is 1. The van der Waals surface area contributed by atoms with E-state index in [1.54, 1.807) is 10.9 Å². The molecule has 5 rings (SSSR count). The van der Waals surface area contributed by atoms with Crippen LogP contribution in [0.2, 0.25) is 0 Å². The monoisotopic (exact) mass is 499 g/mol. The van der Waals surface area contributed by atoms with E-state index in [1.165, 1.54) is 36.0 Å². The van der Waals surface area contributed by atoms with Crippen LogP contribution in [0, 0.1) is 12.7 Å². The molecule has 9 nitrogen and oxygen atoms in total. The summed E-state index contributed by atoms with van der Waals surface area (Å²) in [5, 5.41) is 12.3. The van der Waals surface area contributed by atoms with Crippen molar-refractivity contribution in [2.45, 2.75) is 13.5 Å². The van der Waals surface area contributed by atoms with Crippen LogP contribution in [-0.4, -0.2) is 58.4 Å². The lowest BCUT2D eigenvalue weighted by Crippen LogP contribution is -2.37. The molecule has 0 bridgehead atoms. The lowest BCUT2D eigenvalue weighted by atomic mass is 10.0.